The molecule has 2 aliphatic rings. The van der Waals surface area contributed by atoms with Crippen molar-refractivity contribution in [3.63, 3.8) is 0 Å². The second-order valence-corrected chi connectivity index (χ2v) is 7.19. The van der Waals surface area contributed by atoms with Crippen LogP contribution in [-0.2, 0) is 14.3 Å². The van der Waals surface area contributed by atoms with Crippen LogP contribution >= 0.6 is 0 Å². The number of benzene rings is 1. The lowest BCUT2D eigenvalue weighted by atomic mass is 10.1. The number of methoxy groups -OCH3 is 1. The molecule has 0 spiro atoms. The smallest absolute Gasteiger partial charge is 0.328 e. The van der Waals surface area contributed by atoms with Crippen LogP contribution in [0.15, 0.2) is 24.3 Å². The fourth-order valence-electron chi connectivity index (χ4n) is 4.21. The third kappa shape index (κ3) is 3.11. The van der Waals surface area contributed by atoms with E-state index in [1.807, 2.05) is 36.1 Å². The van der Waals surface area contributed by atoms with E-state index < -0.39 is 6.04 Å². The van der Waals surface area contributed by atoms with Gasteiger partial charge in [-0.25, -0.2) is 14.8 Å². The van der Waals surface area contributed by atoms with E-state index in [4.69, 9.17) is 9.72 Å². The molecule has 3 heterocycles. The Morgan fingerprint density at radius 1 is 1.07 bits per heavy atom. The van der Waals surface area contributed by atoms with Crippen molar-refractivity contribution in [1.29, 1.82) is 0 Å². The average molecular weight is 368 g/mol. The zero-order valence-corrected chi connectivity index (χ0v) is 15.7. The van der Waals surface area contributed by atoms with Gasteiger partial charge in [0.2, 0.25) is 11.9 Å². The number of nitrogens with zero attached hydrogens (tertiary/aromatic N) is 4. The number of esters is 1. The second kappa shape index (κ2) is 7.13. The molecule has 0 aliphatic carbocycles. The van der Waals surface area contributed by atoms with Crippen LogP contribution in [0.25, 0.3) is 10.9 Å². The molecule has 1 aromatic carbocycles. The zero-order valence-electron chi connectivity index (χ0n) is 15.7. The minimum absolute atomic E-state index is 0.0187. The number of rotatable bonds is 3. The highest BCUT2D eigenvalue weighted by Gasteiger charge is 2.41. The number of carbonyl (C=O) groups excluding carboxylic acids is 2. The van der Waals surface area contributed by atoms with Crippen molar-refractivity contribution < 1.29 is 14.3 Å². The van der Waals surface area contributed by atoms with Gasteiger partial charge in [-0.15, -0.1) is 0 Å². The molecule has 1 amide bonds. The molecular formula is C20H24N4O3. The summed E-state index contributed by atoms with van der Waals surface area (Å²) in [5, 5.41) is 1.02. The highest BCUT2D eigenvalue weighted by atomic mass is 16.5. The Morgan fingerprint density at radius 2 is 1.81 bits per heavy atom. The van der Waals surface area contributed by atoms with Crippen LogP contribution in [0.3, 0.4) is 0 Å². The lowest BCUT2D eigenvalue weighted by molar-refractivity contribution is -0.151. The second-order valence-electron chi connectivity index (χ2n) is 7.19. The number of aryl methyl sites for hydroxylation is 1. The standard InChI is InChI=1S/C20H24N4O3/c1-13-14-7-3-4-8-15(14)22-20(21-13)24-12-5-9-16(24)18(25)23-11-6-10-17(23)19(26)27-2/h3-4,7-8,16-17H,5-6,9-12H2,1-2H3/t16?,17-/m0/s1. The molecule has 2 saturated heterocycles. The minimum atomic E-state index is -0.468. The number of carbonyl (C=O) groups is 2. The molecule has 4 rings (SSSR count). The number of para-hydroxylation sites is 1. The van der Waals surface area contributed by atoms with Crippen LogP contribution in [0.4, 0.5) is 5.95 Å². The summed E-state index contributed by atoms with van der Waals surface area (Å²) in [7, 11) is 1.37. The van der Waals surface area contributed by atoms with Gasteiger partial charge >= 0.3 is 5.97 Å². The normalized spacial score (nSPS) is 22.4. The SMILES string of the molecule is COC(=O)[C@@H]1CCCN1C(=O)C1CCCN1c1nc(C)c2ccccc2n1. The molecule has 7 heteroatoms. The van der Waals surface area contributed by atoms with E-state index in [1.165, 1.54) is 7.11 Å². The van der Waals surface area contributed by atoms with Gasteiger partial charge in [-0.3, -0.25) is 4.79 Å². The van der Waals surface area contributed by atoms with Crippen LogP contribution in [0.5, 0.6) is 0 Å². The van der Waals surface area contributed by atoms with E-state index in [0.29, 0.717) is 18.9 Å². The molecule has 2 aromatic rings. The Kier molecular flexibility index (Phi) is 4.68. The Labute approximate surface area is 158 Å². The molecule has 27 heavy (non-hydrogen) atoms. The van der Waals surface area contributed by atoms with Crippen LogP contribution in [-0.4, -0.2) is 59.0 Å². The number of aromatic nitrogens is 2. The third-order valence-electron chi connectivity index (χ3n) is 5.59. The predicted molar refractivity (Wildman–Crippen MR) is 101 cm³/mol. The molecule has 0 bridgehead atoms. The van der Waals surface area contributed by atoms with Gasteiger partial charge in [-0.2, -0.15) is 0 Å². The van der Waals surface area contributed by atoms with E-state index in [1.54, 1.807) is 4.90 Å². The highest BCUT2D eigenvalue weighted by molar-refractivity contribution is 5.90. The lowest BCUT2D eigenvalue weighted by Crippen LogP contribution is -2.50. The van der Waals surface area contributed by atoms with Gasteiger partial charge in [0.1, 0.15) is 12.1 Å². The molecule has 142 valence electrons. The summed E-state index contributed by atoms with van der Waals surface area (Å²) in [4.78, 5) is 38.3. The van der Waals surface area contributed by atoms with Gasteiger partial charge in [-0.05, 0) is 38.7 Å². The summed E-state index contributed by atoms with van der Waals surface area (Å²) in [6.45, 7) is 3.31. The number of likely N-dealkylation sites (tertiary alicyclic amines) is 1. The number of anilines is 1. The number of ether oxygens (including phenoxy) is 1. The highest BCUT2D eigenvalue weighted by Crippen LogP contribution is 2.29. The summed E-state index contributed by atoms with van der Waals surface area (Å²) >= 11 is 0. The van der Waals surface area contributed by atoms with Gasteiger partial charge in [0.25, 0.3) is 0 Å². The monoisotopic (exact) mass is 368 g/mol. The molecule has 7 nitrogen and oxygen atoms in total. The predicted octanol–water partition coefficient (Wildman–Crippen LogP) is 2.07. The van der Waals surface area contributed by atoms with E-state index in [0.717, 1.165) is 42.4 Å². The molecule has 0 radical (unpaired) electrons. The maximum atomic E-state index is 13.2. The fraction of sp³-hybridized carbons (Fsp3) is 0.500. The first-order valence-corrected chi connectivity index (χ1v) is 9.48. The fourth-order valence-corrected chi connectivity index (χ4v) is 4.21. The van der Waals surface area contributed by atoms with Crippen molar-refractivity contribution in [3.05, 3.63) is 30.0 Å². The number of fused-ring (bicyclic) bond motifs is 1. The van der Waals surface area contributed by atoms with Gasteiger partial charge in [0.15, 0.2) is 0 Å². The van der Waals surface area contributed by atoms with E-state index >= 15 is 0 Å². The van der Waals surface area contributed by atoms with Crippen LogP contribution in [0.2, 0.25) is 0 Å². The summed E-state index contributed by atoms with van der Waals surface area (Å²) in [5.74, 6) is 0.244. The van der Waals surface area contributed by atoms with Crippen molar-refractivity contribution in [2.24, 2.45) is 0 Å². The molecule has 2 atom stereocenters. The maximum absolute atomic E-state index is 13.2. The van der Waals surface area contributed by atoms with Crippen molar-refractivity contribution in [2.45, 2.75) is 44.7 Å². The average Bonchev–Trinajstić information content (AvgIpc) is 3.36. The van der Waals surface area contributed by atoms with Crippen LogP contribution in [0.1, 0.15) is 31.4 Å². The molecule has 1 aromatic heterocycles. The van der Waals surface area contributed by atoms with Gasteiger partial charge in [0, 0.05) is 18.5 Å². The lowest BCUT2D eigenvalue weighted by Gasteiger charge is -2.30. The summed E-state index contributed by atoms with van der Waals surface area (Å²) in [5.41, 5.74) is 1.79. The van der Waals surface area contributed by atoms with E-state index in [2.05, 4.69) is 4.98 Å². The molecule has 2 aliphatic heterocycles. The van der Waals surface area contributed by atoms with Crippen LogP contribution in [0, 0.1) is 6.92 Å². The quantitative estimate of drug-likeness (QED) is 0.772. The maximum Gasteiger partial charge on any atom is 0.328 e. The Balaban J connectivity index is 1.63. The first-order chi connectivity index (χ1) is 13.1. The van der Waals surface area contributed by atoms with E-state index in [9.17, 15) is 9.59 Å². The van der Waals surface area contributed by atoms with Crippen molar-refractivity contribution in [1.82, 2.24) is 14.9 Å². The van der Waals surface area contributed by atoms with Gasteiger partial charge in [-0.1, -0.05) is 18.2 Å². The molecule has 0 saturated carbocycles. The minimum Gasteiger partial charge on any atom is -0.467 e. The first-order valence-electron chi connectivity index (χ1n) is 9.48. The Morgan fingerprint density at radius 3 is 2.63 bits per heavy atom. The van der Waals surface area contributed by atoms with Crippen molar-refractivity contribution in [2.75, 3.05) is 25.1 Å². The van der Waals surface area contributed by atoms with E-state index in [-0.39, 0.29) is 17.9 Å². The first kappa shape index (κ1) is 17.7. The largest absolute Gasteiger partial charge is 0.467 e. The molecule has 0 N–H and O–H groups in total. The Bertz CT molecular complexity index is 885. The van der Waals surface area contributed by atoms with Crippen molar-refractivity contribution in [3.8, 4) is 0 Å². The zero-order chi connectivity index (χ0) is 19.0. The summed E-state index contributed by atoms with van der Waals surface area (Å²) < 4.78 is 4.88. The molecule has 1 unspecified atom stereocenters. The van der Waals surface area contributed by atoms with Gasteiger partial charge < -0.3 is 14.5 Å². The number of hydrogen-bond acceptors (Lipinski definition) is 6. The molecular weight excluding hydrogens is 344 g/mol. The number of amides is 1. The van der Waals surface area contributed by atoms with Crippen molar-refractivity contribution >= 4 is 28.7 Å². The number of hydrogen-bond donors (Lipinski definition) is 0. The molecule has 2 fully saturated rings. The summed E-state index contributed by atoms with van der Waals surface area (Å²) in [6.07, 6.45) is 3.14. The van der Waals surface area contributed by atoms with Crippen LogP contribution < -0.4 is 4.90 Å². The Hall–Kier alpha value is -2.70. The third-order valence-corrected chi connectivity index (χ3v) is 5.59. The topological polar surface area (TPSA) is 75.6 Å². The summed E-state index contributed by atoms with van der Waals surface area (Å²) in [6, 6.07) is 7.11. The van der Waals surface area contributed by atoms with Gasteiger partial charge in [0.05, 0.1) is 18.3 Å².